The molecule has 5 heteroatoms. The number of anilines is 2. The van der Waals surface area contributed by atoms with Crippen LogP contribution in [0.4, 0.5) is 11.8 Å². The minimum atomic E-state index is 0.243. The van der Waals surface area contributed by atoms with Gasteiger partial charge >= 0.3 is 0 Å². The highest BCUT2D eigenvalue weighted by molar-refractivity contribution is 6.29. The van der Waals surface area contributed by atoms with Gasteiger partial charge in [0.1, 0.15) is 11.0 Å². The summed E-state index contributed by atoms with van der Waals surface area (Å²) in [7, 11) is 0. The highest BCUT2D eigenvalue weighted by Gasteiger charge is 2.26. The molecule has 0 saturated carbocycles. The van der Waals surface area contributed by atoms with Crippen LogP contribution in [0.15, 0.2) is 6.07 Å². The third-order valence-corrected chi connectivity index (χ3v) is 3.56. The Bertz CT molecular complexity index is 362. The molecular weight excluding hydrogens is 224 g/mol. The number of nitrogens with two attached hydrogens (primary N) is 1. The summed E-state index contributed by atoms with van der Waals surface area (Å²) in [6, 6.07) is 2.26. The van der Waals surface area contributed by atoms with Gasteiger partial charge in [-0.05, 0) is 25.7 Å². The number of hydrogen-bond donors (Lipinski definition) is 1. The van der Waals surface area contributed by atoms with E-state index in [9.17, 15) is 0 Å². The molecule has 0 spiro atoms. The average Bonchev–Trinajstić information content (AvgIpc) is 2.20. The molecule has 1 aliphatic heterocycles. The lowest BCUT2D eigenvalue weighted by Crippen LogP contribution is -2.43. The maximum absolute atomic E-state index is 5.90. The lowest BCUT2D eigenvalue weighted by molar-refractivity contribution is 0.361. The molecule has 0 radical (unpaired) electrons. The molecule has 2 unspecified atom stereocenters. The normalized spacial score (nSPS) is 25.8. The summed E-state index contributed by atoms with van der Waals surface area (Å²) >= 11 is 5.90. The number of piperidine rings is 1. The number of hydrogen-bond acceptors (Lipinski definition) is 4. The first-order chi connectivity index (χ1) is 7.58. The van der Waals surface area contributed by atoms with E-state index in [0.717, 1.165) is 12.4 Å². The van der Waals surface area contributed by atoms with Crippen LogP contribution in [0, 0.1) is 5.92 Å². The summed E-state index contributed by atoms with van der Waals surface area (Å²) in [6.45, 7) is 5.50. The molecule has 2 heterocycles. The summed E-state index contributed by atoms with van der Waals surface area (Å²) in [4.78, 5) is 10.4. The number of halogens is 1. The molecule has 0 bridgehead atoms. The molecule has 0 aliphatic carbocycles. The van der Waals surface area contributed by atoms with Crippen LogP contribution < -0.4 is 10.6 Å². The van der Waals surface area contributed by atoms with Crippen LogP contribution in [-0.4, -0.2) is 22.6 Å². The van der Waals surface area contributed by atoms with Crippen molar-refractivity contribution in [1.29, 1.82) is 0 Å². The Morgan fingerprint density at radius 1 is 1.44 bits per heavy atom. The van der Waals surface area contributed by atoms with Gasteiger partial charge in [-0.15, -0.1) is 0 Å². The minimum absolute atomic E-state index is 0.243. The summed E-state index contributed by atoms with van der Waals surface area (Å²) < 4.78 is 0. The number of nitrogens with zero attached hydrogens (tertiary/aromatic N) is 3. The Labute approximate surface area is 101 Å². The summed E-state index contributed by atoms with van der Waals surface area (Å²) in [6.07, 6.45) is 2.46. The van der Waals surface area contributed by atoms with Crippen molar-refractivity contribution in [1.82, 2.24) is 9.97 Å². The summed E-state index contributed by atoms with van der Waals surface area (Å²) in [5, 5.41) is 0.410. The van der Waals surface area contributed by atoms with E-state index in [4.69, 9.17) is 17.3 Å². The molecule has 2 atom stereocenters. The van der Waals surface area contributed by atoms with Gasteiger partial charge in [0.2, 0.25) is 5.95 Å². The van der Waals surface area contributed by atoms with Crippen LogP contribution in [-0.2, 0) is 0 Å². The standard InChI is InChI=1S/C11H17ClN4/c1-7-4-3-5-16(8(7)2)10-6-9(12)14-11(13)15-10/h6-8H,3-5H2,1-2H3,(H2,13,14,15). The number of aromatic nitrogens is 2. The zero-order valence-corrected chi connectivity index (χ0v) is 10.4. The van der Waals surface area contributed by atoms with Crippen LogP contribution in [0.25, 0.3) is 0 Å². The smallest absolute Gasteiger partial charge is 0.223 e. The molecule has 2 rings (SSSR count). The molecule has 88 valence electrons. The van der Waals surface area contributed by atoms with Crippen molar-refractivity contribution in [3.8, 4) is 0 Å². The topological polar surface area (TPSA) is 55.0 Å². The quantitative estimate of drug-likeness (QED) is 0.766. The Balaban J connectivity index is 2.28. The fraction of sp³-hybridized carbons (Fsp3) is 0.636. The van der Waals surface area contributed by atoms with Gasteiger partial charge in [0, 0.05) is 18.7 Å². The predicted molar refractivity (Wildman–Crippen MR) is 66.7 cm³/mol. The van der Waals surface area contributed by atoms with Crippen LogP contribution in [0.3, 0.4) is 0 Å². The Morgan fingerprint density at radius 2 is 2.19 bits per heavy atom. The van der Waals surface area contributed by atoms with Crippen molar-refractivity contribution >= 4 is 23.4 Å². The Morgan fingerprint density at radius 3 is 2.88 bits per heavy atom. The Hall–Kier alpha value is -1.03. The first-order valence-electron chi connectivity index (χ1n) is 5.64. The van der Waals surface area contributed by atoms with E-state index < -0.39 is 0 Å². The van der Waals surface area contributed by atoms with E-state index in [1.807, 2.05) is 0 Å². The van der Waals surface area contributed by atoms with Gasteiger partial charge in [0.15, 0.2) is 0 Å². The zero-order valence-electron chi connectivity index (χ0n) is 9.65. The zero-order chi connectivity index (χ0) is 11.7. The molecule has 1 aromatic rings. The molecular formula is C11H17ClN4. The molecule has 4 nitrogen and oxygen atoms in total. The highest BCUT2D eigenvalue weighted by atomic mass is 35.5. The fourth-order valence-corrected chi connectivity index (χ4v) is 2.41. The van der Waals surface area contributed by atoms with Gasteiger partial charge in [-0.25, -0.2) is 4.98 Å². The second-order valence-corrected chi connectivity index (χ2v) is 4.85. The molecule has 0 aromatic carbocycles. The SMILES string of the molecule is CC1CCCN(c2cc(Cl)nc(N)n2)C1C. The molecule has 1 aliphatic rings. The van der Waals surface area contributed by atoms with Crippen molar-refractivity contribution in [2.75, 3.05) is 17.2 Å². The Kier molecular flexibility index (Phi) is 3.19. The fourth-order valence-electron chi connectivity index (χ4n) is 2.23. The molecule has 1 aromatic heterocycles. The van der Waals surface area contributed by atoms with Gasteiger partial charge in [0.25, 0.3) is 0 Å². The lowest BCUT2D eigenvalue weighted by Gasteiger charge is -2.38. The molecule has 1 fully saturated rings. The molecule has 2 N–H and O–H groups in total. The van der Waals surface area contributed by atoms with Crippen LogP contribution in [0.5, 0.6) is 0 Å². The van der Waals surface area contributed by atoms with E-state index in [2.05, 4.69) is 28.7 Å². The van der Waals surface area contributed by atoms with Crippen LogP contribution in [0.1, 0.15) is 26.7 Å². The van der Waals surface area contributed by atoms with Gasteiger partial charge in [-0.3, -0.25) is 0 Å². The molecule has 0 amide bonds. The van der Waals surface area contributed by atoms with E-state index in [-0.39, 0.29) is 5.95 Å². The minimum Gasteiger partial charge on any atom is -0.368 e. The second kappa shape index (κ2) is 4.45. The largest absolute Gasteiger partial charge is 0.368 e. The van der Waals surface area contributed by atoms with Crippen LogP contribution in [0.2, 0.25) is 5.15 Å². The first-order valence-corrected chi connectivity index (χ1v) is 6.02. The third-order valence-electron chi connectivity index (χ3n) is 3.37. The highest BCUT2D eigenvalue weighted by Crippen LogP contribution is 2.28. The van der Waals surface area contributed by atoms with Crippen molar-refractivity contribution in [2.45, 2.75) is 32.7 Å². The van der Waals surface area contributed by atoms with Crippen molar-refractivity contribution < 1.29 is 0 Å². The van der Waals surface area contributed by atoms with Gasteiger partial charge in [-0.1, -0.05) is 18.5 Å². The predicted octanol–water partition coefficient (Wildman–Crippen LogP) is 2.34. The monoisotopic (exact) mass is 240 g/mol. The van der Waals surface area contributed by atoms with Gasteiger partial charge in [0.05, 0.1) is 0 Å². The maximum Gasteiger partial charge on any atom is 0.223 e. The van der Waals surface area contributed by atoms with E-state index in [1.165, 1.54) is 12.8 Å². The maximum atomic E-state index is 5.90. The van der Waals surface area contributed by atoms with Crippen molar-refractivity contribution in [3.05, 3.63) is 11.2 Å². The lowest BCUT2D eigenvalue weighted by atomic mass is 9.92. The summed E-state index contributed by atoms with van der Waals surface area (Å²) in [5.74, 6) is 1.76. The van der Waals surface area contributed by atoms with E-state index in [0.29, 0.717) is 17.1 Å². The van der Waals surface area contributed by atoms with Crippen molar-refractivity contribution in [2.24, 2.45) is 5.92 Å². The van der Waals surface area contributed by atoms with Crippen molar-refractivity contribution in [3.63, 3.8) is 0 Å². The van der Waals surface area contributed by atoms with E-state index >= 15 is 0 Å². The van der Waals surface area contributed by atoms with E-state index in [1.54, 1.807) is 6.07 Å². The summed E-state index contributed by atoms with van der Waals surface area (Å²) in [5.41, 5.74) is 5.61. The molecule has 16 heavy (non-hydrogen) atoms. The third kappa shape index (κ3) is 2.21. The molecule has 1 saturated heterocycles. The number of nitrogen functional groups attached to an aromatic ring is 1. The second-order valence-electron chi connectivity index (χ2n) is 4.46. The van der Waals surface area contributed by atoms with Crippen LogP contribution >= 0.6 is 11.6 Å². The van der Waals surface area contributed by atoms with Gasteiger partial charge in [-0.2, -0.15) is 4.98 Å². The average molecular weight is 241 g/mol. The first kappa shape index (κ1) is 11.5. The van der Waals surface area contributed by atoms with Gasteiger partial charge < -0.3 is 10.6 Å². The number of rotatable bonds is 1.